The number of aryl methyl sites for hydroxylation is 2. The Morgan fingerprint density at radius 2 is 2.03 bits per heavy atom. The number of amides is 1. The van der Waals surface area contributed by atoms with Gasteiger partial charge in [-0.15, -0.1) is 0 Å². The van der Waals surface area contributed by atoms with E-state index in [1.807, 2.05) is 6.92 Å². The third-order valence-electron chi connectivity index (χ3n) is 5.90. The molecule has 9 heteroatoms. The van der Waals surface area contributed by atoms with Crippen LogP contribution in [0.3, 0.4) is 0 Å². The van der Waals surface area contributed by atoms with E-state index in [-0.39, 0.29) is 22.8 Å². The second-order valence-electron chi connectivity index (χ2n) is 8.64. The third kappa shape index (κ3) is 6.63. The number of carbonyl (C=O) groups is 1. The summed E-state index contributed by atoms with van der Waals surface area (Å²) in [6, 6.07) is 8.27. The molecule has 1 aliphatic rings. The highest BCUT2D eigenvalue weighted by Gasteiger charge is 2.31. The van der Waals surface area contributed by atoms with Crippen LogP contribution in [-0.2, 0) is 14.8 Å². The number of rotatable bonds is 10. The van der Waals surface area contributed by atoms with E-state index in [1.54, 1.807) is 37.3 Å². The quantitative estimate of drug-likeness (QED) is 0.560. The number of nitrogens with one attached hydrogen (secondary N) is 2. The highest BCUT2D eigenvalue weighted by atomic mass is 32.2. The molecule has 3 rings (SSSR count). The molecule has 1 saturated heterocycles. The lowest BCUT2D eigenvalue weighted by atomic mass is 9.95. The zero-order chi connectivity index (χ0) is 23.1. The van der Waals surface area contributed by atoms with Gasteiger partial charge in [-0.2, -0.15) is 0 Å². The molecule has 1 amide bonds. The number of hydrogen-bond donors (Lipinski definition) is 2. The van der Waals surface area contributed by atoms with E-state index in [0.29, 0.717) is 24.7 Å². The van der Waals surface area contributed by atoms with Crippen molar-refractivity contribution in [3.63, 3.8) is 0 Å². The minimum atomic E-state index is -3.55. The molecular weight excluding hydrogens is 428 g/mol. The Morgan fingerprint density at radius 3 is 2.69 bits per heavy atom. The lowest BCUT2D eigenvalue weighted by molar-refractivity contribution is -0.122. The fourth-order valence-corrected chi connectivity index (χ4v) is 5.20. The van der Waals surface area contributed by atoms with Crippen LogP contribution in [0, 0.1) is 19.8 Å². The van der Waals surface area contributed by atoms with E-state index >= 15 is 0 Å². The third-order valence-corrected chi connectivity index (χ3v) is 7.34. The number of aromatic nitrogens is 1. The second-order valence-corrected chi connectivity index (χ2v) is 10.4. The molecule has 2 unspecified atom stereocenters. The molecule has 2 N–H and O–H groups in total. The van der Waals surface area contributed by atoms with E-state index in [4.69, 9.17) is 4.52 Å². The summed E-state index contributed by atoms with van der Waals surface area (Å²) in [5, 5.41) is 6.74. The molecule has 32 heavy (non-hydrogen) atoms. The van der Waals surface area contributed by atoms with Crippen molar-refractivity contribution in [1.29, 1.82) is 0 Å². The Hall–Kier alpha value is -2.23. The van der Waals surface area contributed by atoms with Gasteiger partial charge in [0.25, 0.3) is 0 Å². The average molecular weight is 463 g/mol. The van der Waals surface area contributed by atoms with Crippen molar-refractivity contribution < 1.29 is 17.7 Å². The fraction of sp³-hybridized carbons (Fsp3) is 0.565. The van der Waals surface area contributed by atoms with Gasteiger partial charge in [0.15, 0.2) is 5.82 Å². The molecule has 0 spiro atoms. The first-order chi connectivity index (χ1) is 15.3. The monoisotopic (exact) mass is 462 g/mol. The van der Waals surface area contributed by atoms with Crippen molar-refractivity contribution in [2.75, 3.05) is 25.0 Å². The van der Waals surface area contributed by atoms with E-state index in [0.717, 1.165) is 44.2 Å². The fourth-order valence-electron chi connectivity index (χ4n) is 4.09. The zero-order valence-corrected chi connectivity index (χ0v) is 20.0. The standard InChI is InChI=1S/C23H34N4O4S/c1-4-5-8-21(23(28)25-22-14-18(3)31-26-22)27-13-6-7-19(16-27)15-24-32(29,30)20-11-9-17(2)10-12-20/h9-12,14,19,21,24H,4-8,13,15-16H2,1-3H3,(H,25,26,28). The van der Waals surface area contributed by atoms with E-state index in [2.05, 4.69) is 27.0 Å². The van der Waals surface area contributed by atoms with E-state index in [1.165, 1.54) is 0 Å². The average Bonchev–Trinajstić information content (AvgIpc) is 3.18. The van der Waals surface area contributed by atoms with Gasteiger partial charge >= 0.3 is 0 Å². The SMILES string of the molecule is CCCCC(C(=O)Nc1cc(C)on1)N1CCCC(CNS(=O)(=O)c2ccc(C)cc2)C1. The summed E-state index contributed by atoms with van der Waals surface area (Å²) in [6.45, 7) is 7.67. The lowest BCUT2D eigenvalue weighted by Crippen LogP contribution is -2.50. The molecule has 1 aliphatic heterocycles. The number of sulfonamides is 1. The maximum atomic E-state index is 13.0. The van der Waals surface area contributed by atoms with Gasteiger partial charge in [-0.25, -0.2) is 13.1 Å². The van der Waals surface area contributed by atoms with Crippen LogP contribution >= 0.6 is 0 Å². The highest BCUT2D eigenvalue weighted by molar-refractivity contribution is 7.89. The topological polar surface area (TPSA) is 105 Å². The van der Waals surface area contributed by atoms with Crippen LogP contribution in [0.5, 0.6) is 0 Å². The van der Waals surface area contributed by atoms with Gasteiger partial charge in [0.05, 0.1) is 10.9 Å². The number of unbranched alkanes of at least 4 members (excludes halogenated alkanes) is 1. The second kappa shape index (κ2) is 11.1. The number of carbonyl (C=O) groups excluding carboxylic acids is 1. The molecule has 1 fully saturated rings. The van der Waals surface area contributed by atoms with Crippen LogP contribution in [0.15, 0.2) is 39.8 Å². The first-order valence-electron chi connectivity index (χ1n) is 11.3. The van der Waals surface area contributed by atoms with Crippen LogP contribution < -0.4 is 10.0 Å². The van der Waals surface area contributed by atoms with E-state index < -0.39 is 10.0 Å². The number of likely N-dealkylation sites (tertiary alicyclic amines) is 1. The van der Waals surface area contributed by atoms with Crippen LogP contribution in [0.2, 0.25) is 0 Å². The highest BCUT2D eigenvalue weighted by Crippen LogP contribution is 2.22. The Morgan fingerprint density at radius 1 is 1.28 bits per heavy atom. The van der Waals surface area contributed by atoms with Crippen molar-refractivity contribution in [2.24, 2.45) is 5.92 Å². The molecule has 0 radical (unpaired) electrons. The van der Waals surface area contributed by atoms with E-state index in [9.17, 15) is 13.2 Å². The summed E-state index contributed by atoms with van der Waals surface area (Å²) in [5.74, 6) is 1.13. The molecule has 1 aromatic carbocycles. The van der Waals surface area contributed by atoms with Gasteiger partial charge in [0, 0.05) is 19.2 Å². The summed E-state index contributed by atoms with van der Waals surface area (Å²) in [7, 11) is -3.55. The summed E-state index contributed by atoms with van der Waals surface area (Å²) >= 11 is 0. The first-order valence-corrected chi connectivity index (χ1v) is 12.8. The van der Waals surface area contributed by atoms with Gasteiger partial charge in [-0.3, -0.25) is 9.69 Å². The zero-order valence-electron chi connectivity index (χ0n) is 19.1. The van der Waals surface area contributed by atoms with Gasteiger partial charge in [0.1, 0.15) is 5.76 Å². The normalized spacial score (nSPS) is 18.4. The minimum Gasteiger partial charge on any atom is -0.360 e. The first kappa shape index (κ1) is 24.4. The maximum absolute atomic E-state index is 13.0. The molecule has 2 atom stereocenters. The van der Waals surface area contributed by atoms with Gasteiger partial charge in [-0.05, 0) is 57.7 Å². The van der Waals surface area contributed by atoms with Crippen molar-refractivity contribution in [3.8, 4) is 0 Å². The van der Waals surface area contributed by atoms with Crippen LogP contribution in [-0.4, -0.2) is 50.1 Å². The molecule has 0 bridgehead atoms. The number of piperidine rings is 1. The smallest absolute Gasteiger partial charge is 0.242 e. The Bertz CT molecular complexity index is 988. The van der Waals surface area contributed by atoms with Crippen molar-refractivity contribution >= 4 is 21.7 Å². The Balaban J connectivity index is 1.62. The number of benzene rings is 1. The molecule has 176 valence electrons. The molecule has 0 saturated carbocycles. The van der Waals surface area contributed by atoms with Gasteiger partial charge < -0.3 is 9.84 Å². The van der Waals surface area contributed by atoms with Crippen LogP contribution in [0.4, 0.5) is 5.82 Å². The molecule has 8 nitrogen and oxygen atoms in total. The molecule has 1 aromatic heterocycles. The largest absolute Gasteiger partial charge is 0.360 e. The van der Waals surface area contributed by atoms with Crippen molar-refractivity contribution in [3.05, 3.63) is 41.7 Å². The van der Waals surface area contributed by atoms with Crippen LogP contribution in [0.25, 0.3) is 0 Å². The number of hydrogen-bond acceptors (Lipinski definition) is 6. The predicted molar refractivity (Wildman–Crippen MR) is 124 cm³/mol. The minimum absolute atomic E-state index is 0.0902. The maximum Gasteiger partial charge on any atom is 0.242 e. The van der Waals surface area contributed by atoms with Gasteiger partial charge in [-0.1, -0.05) is 42.6 Å². The summed E-state index contributed by atoms with van der Waals surface area (Å²) in [6.07, 6.45) is 4.55. The number of anilines is 1. The number of nitrogens with zero attached hydrogens (tertiary/aromatic N) is 2. The molecule has 0 aliphatic carbocycles. The Labute approximate surface area is 190 Å². The van der Waals surface area contributed by atoms with Crippen molar-refractivity contribution in [1.82, 2.24) is 14.8 Å². The molecular formula is C23H34N4O4S. The van der Waals surface area contributed by atoms with Gasteiger partial charge in [0.2, 0.25) is 15.9 Å². The lowest BCUT2D eigenvalue weighted by Gasteiger charge is -2.37. The summed E-state index contributed by atoms with van der Waals surface area (Å²) in [5.41, 5.74) is 1.02. The predicted octanol–water partition coefficient (Wildman–Crippen LogP) is 3.48. The van der Waals surface area contributed by atoms with Crippen LogP contribution in [0.1, 0.15) is 50.4 Å². The Kier molecular flexibility index (Phi) is 8.44. The summed E-state index contributed by atoms with van der Waals surface area (Å²) < 4.78 is 33.1. The molecule has 2 heterocycles. The van der Waals surface area contributed by atoms with Crippen molar-refractivity contribution in [2.45, 2.75) is 63.8 Å². The summed E-state index contributed by atoms with van der Waals surface area (Å²) in [4.78, 5) is 15.5. The molecule has 2 aromatic rings.